The number of hydrogen-bond acceptors (Lipinski definition) is 7. The van der Waals surface area contributed by atoms with E-state index in [0.29, 0.717) is 31.5 Å². The lowest BCUT2D eigenvalue weighted by Gasteiger charge is -2.32. The smallest absolute Gasteiger partial charge is 0.306 e. The highest BCUT2D eigenvalue weighted by atomic mass is 16.5. The van der Waals surface area contributed by atoms with Gasteiger partial charge in [-0.15, -0.1) is 0 Å². The third kappa shape index (κ3) is 5.07. The molecule has 0 N–H and O–H groups in total. The molecule has 0 aromatic carbocycles. The number of likely N-dealkylation sites (tertiary alicyclic amines) is 1. The van der Waals surface area contributed by atoms with Crippen molar-refractivity contribution in [3.8, 4) is 11.8 Å². The number of ether oxygens (including phenoxy) is 3. The Kier molecular flexibility index (Phi) is 6.77. The van der Waals surface area contributed by atoms with Crippen LogP contribution in [0.3, 0.4) is 0 Å². The first-order valence-electron chi connectivity index (χ1n) is 8.09. The lowest BCUT2D eigenvalue weighted by molar-refractivity contribution is -0.146. The molecule has 1 aromatic heterocycles. The largest absolute Gasteiger partial charge is 0.477 e. The topological polar surface area (TPSA) is 90.9 Å². The molecule has 1 aliphatic heterocycles. The first-order valence-corrected chi connectivity index (χ1v) is 8.09. The maximum atomic E-state index is 12.2. The molecule has 2 rings (SSSR count). The quantitative estimate of drug-likeness (QED) is 0.690. The van der Waals surface area contributed by atoms with E-state index in [-0.39, 0.29) is 30.8 Å². The summed E-state index contributed by atoms with van der Waals surface area (Å²) in [5.74, 6) is 0.233. The van der Waals surface area contributed by atoms with Gasteiger partial charge in [0.25, 0.3) is 11.8 Å². The third-order valence-corrected chi connectivity index (χ3v) is 3.68. The van der Waals surface area contributed by atoms with Crippen molar-refractivity contribution in [2.45, 2.75) is 38.7 Å². The molecule has 1 unspecified atom stereocenters. The predicted octanol–water partition coefficient (Wildman–Crippen LogP) is 1.20. The monoisotopic (exact) mass is 337 g/mol. The van der Waals surface area contributed by atoms with Gasteiger partial charge in [0.1, 0.15) is 6.10 Å². The van der Waals surface area contributed by atoms with Crippen molar-refractivity contribution in [2.75, 3.05) is 26.8 Å². The summed E-state index contributed by atoms with van der Waals surface area (Å²) in [6.07, 6.45) is 4.80. The fourth-order valence-corrected chi connectivity index (χ4v) is 2.55. The number of rotatable bonds is 7. The second kappa shape index (κ2) is 9.05. The van der Waals surface area contributed by atoms with E-state index in [1.165, 1.54) is 19.5 Å². The van der Waals surface area contributed by atoms with E-state index in [1.54, 1.807) is 11.8 Å². The third-order valence-electron chi connectivity index (χ3n) is 3.68. The van der Waals surface area contributed by atoms with E-state index in [4.69, 9.17) is 14.2 Å². The van der Waals surface area contributed by atoms with Crippen LogP contribution in [0.25, 0.3) is 0 Å². The van der Waals surface area contributed by atoms with Gasteiger partial charge in [-0.25, -0.2) is 9.97 Å². The maximum Gasteiger partial charge on any atom is 0.306 e. The molecule has 8 heteroatoms. The van der Waals surface area contributed by atoms with Crippen molar-refractivity contribution in [1.82, 2.24) is 14.9 Å². The van der Waals surface area contributed by atoms with Gasteiger partial charge in [-0.1, -0.05) is 0 Å². The zero-order valence-corrected chi connectivity index (χ0v) is 14.1. The molecule has 1 fully saturated rings. The molecular weight excluding hydrogens is 314 g/mol. The van der Waals surface area contributed by atoms with Crippen LogP contribution in [0.1, 0.15) is 32.6 Å². The molecule has 1 amide bonds. The standard InChI is InChI=1S/C16H23N3O5/c1-3-23-14(21)7-6-13(20)19-10-4-5-12(11-19)24-16-15(22-2)17-8-9-18-16/h8-9,12H,3-7,10-11H2,1-2H3. The fourth-order valence-electron chi connectivity index (χ4n) is 2.55. The highest BCUT2D eigenvalue weighted by Crippen LogP contribution is 2.24. The Morgan fingerprint density at radius 2 is 2.00 bits per heavy atom. The zero-order chi connectivity index (χ0) is 17.4. The van der Waals surface area contributed by atoms with Gasteiger partial charge in [0.2, 0.25) is 5.91 Å². The number of hydrogen-bond donors (Lipinski definition) is 0. The lowest BCUT2D eigenvalue weighted by Crippen LogP contribution is -2.44. The molecule has 2 heterocycles. The summed E-state index contributed by atoms with van der Waals surface area (Å²) in [4.78, 5) is 33.5. The van der Waals surface area contributed by atoms with Gasteiger partial charge in [-0.3, -0.25) is 9.59 Å². The van der Waals surface area contributed by atoms with Crippen LogP contribution in [-0.2, 0) is 14.3 Å². The van der Waals surface area contributed by atoms with Crippen molar-refractivity contribution >= 4 is 11.9 Å². The van der Waals surface area contributed by atoms with Gasteiger partial charge in [-0.2, -0.15) is 0 Å². The summed E-state index contributed by atoms with van der Waals surface area (Å²) in [6, 6.07) is 0. The van der Waals surface area contributed by atoms with Crippen molar-refractivity contribution in [3.05, 3.63) is 12.4 Å². The Morgan fingerprint density at radius 1 is 1.25 bits per heavy atom. The van der Waals surface area contributed by atoms with E-state index in [1.807, 2.05) is 0 Å². The van der Waals surface area contributed by atoms with Gasteiger partial charge >= 0.3 is 5.97 Å². The van der Waals surface area contributed by atoms with Gasteiger partial charge in [0.05, 0.1) is 26.7 Å². The molecule has 0 aliphatic carbocycles. The average molecular weight is 337 g/mol. The second-order valence-electron chi connectivity index (χ2n) is 5.40. The van der Waals surface area contributed by atoms with E-state index in [2.05, 4.69) is 9.97 Å². The number of amides is 1. The molecule has 0 radical (unpaired) electrons. The summed E-state index contributed by atoms with van der Waals surface area (Å²) in [6.45, 7) is 3.19. The van der Waals surface area contributed by atoms with Gasteiger partial charge in [-0.05, 0) is 19.8 Å². The molecule has 132 valence electrons. The second-order valence-corrected chi connectivity index (χ2v) is 5.40. The summed E-state index contributed by atoms with van der Waals surface area (Å²) >= 11 is 0. The molecule has 8 nitrogen and oxygen atoms in total. The van der Waals surface area contributed by atoms with Crippen molar-refractivity contribution in [3.63, 3.8) is 0 Å². The van der Waals surface area contributed by atoms with Crippen LogP contribution in [-0.4, -0.2) is 59.7 Å². The minimum atomic E-state index is -0.347. The van der Waals surface area contributed by atoms with Gasteiger partial charge < -0.3 is 19.1 Å². The Labute approximate surface area is 141 Å². The molecular formula is C16H23N3O5. The Morgan fingerprint density at radius 3 is 2.71 bits per heavy atom. The van der Waals surface area contributed by atoms with Crippen LogP contribution in [0.4, 0.5) is 0 Å². The minimum absolute atomic E-state index is 0.0672. The molecule has 1 aliphatic rings. The number of carbonyl (C=O) groups excluding carboxylic acids is 2. The number of nitrogens with zero attached hydrogens (tertiary/aromatic N) is 3. The lowest BCUT2D eigenvalue weighted by atomic mass is 10.1. The highest BCUT2D eigenvalue weighted by Gasteiger charge is 2.26. The average Bonchev–Trinajstić information content (AvgIpc) is 2.60. The molecule has 0 spiro atoms. The van der Waals surface area contributed by atoms with E-state index in [0.717, 1.165) is 12.8 Å². The zero-order valence-electron chi connectivity index (χ0n) is 14.1. The van der Waals surface area contributed by atoms with Crippen LogP contribution in [0.5, 0.6) is 11.8 Å². The number of carbonyl (C=O) groups is 2. The van der Waals surface area contributed by atoms with Crippen LogP contribution < -0.4 is 9.47 Å². The summed E-state index contributed by atoms with van der Waals surface area (Å²) in [7, 11) is 1.50. The van der Waals surface area contributed by atoms with Crippen molar-refractivity contribution in [1.29, 1.82) is 0 Å². The van der Waals surface area contributed by atoms with Crippen molar-refractivity contribution in [2.24, 2.45) is 0 Å². The summed E-state index contributed by atoms with van der Waals surface area (Å²) in [5, 5.41) is 0. The van der Waals surface area contributed by atoms with E-state index < -0.39 is 0 Å². The fraction of sp³-hybridized carbons (Fsp3) is 0.625. The number of methoxy groups -OCH3 is 1. The minimum Gasteiger partial charge on any atom is -0.477 e. The first kappa shape index (κ1) is 18.0. The van der Waals surface area contributed by atoms with Crippen LogP contribution in [0.15, 0.2) is 12.4 Å². The van der Waals surface area contributed by atoms with Gasteiger partial charge in [0.15, 0.2) is 0 Å². The van der Waals surface area contributed by atoms with Gasteiger partial charge in [0, 0.05) is 25.4 Å². The van der Waals surface area contributed by atoms with E-state index in [9.17, 15) is 9.59 Å². The Bertz CT molecular complexity index is 566. The number of aromatic nitrogens is 2. The normalized spacial score (nSPS) is 17.2. The highest BCUT2D eigenvalue weighted by molar-refractivity contribution is 5.81. The maximum absolute atomic E-state index is 12.2. The Hall–Kier alpha value is -2.38. The molecule has 0 bridgehead atoms. The molecule has 24 heavy (non-hydrogen) atoms. The molecule has 1 aromatic rings. The number of esters is 1. The summed E-state index contributed by atoms with van der Waals surface area (Å²) < 4.78 is 15.8. The Balaban J connectivity index is 1.87. The number of piperidine rings is 1. The molecule has 1 atom stereocenters. The van der Waals surface area contributed by atoms with Crippen LogP contribution in [0.2, 0.25) is 0 Å². The first-order chi connectivity index (χ1) is 11.6. The SMILES string of the molecule is CCOC(=O)CCC(=O)N1CCCC(Oc2nccnc2OC)C1. The van der Waals surface area contributed by atoms with Crippen molar-refractivity contribution < 1.29 is 23.8 Å². The molecule has 0 saturated carbocycles. The predicted molar refractivity (Wildman–Crippen MR) is 84.7 cm³/mol. The van der Waals surface area contributed by atoms with E-state index >= 15 is 0 Å². The molecule has 1 saturated heterocycles. The van der Waals surface area contributed by atoms with Crippen LogP contribution >= 0.6 is 0 Å². The van der Waals surface area contributed by atoms with Crippen LogP contribution in [0, 0.1) is 0 Å². The summed E-state index contributed by atoms with van der Waals surface area (Å²) in [5.41, 5.74) is 0.